The Morgan fingerprint density at radius 1 is 0.946 bits per heavy atom. The first-order chi connectivity index (χ1) is 17.9. The Morgan fingerprint density at radius 2 is 1.68 bits per heavy atom. The molecule has 0 bridgehead atoms. The van der Waals surface area contributed by atoms with Gasteiger partial charge in [-0.15, -0.1) is 0 Å². The summed E-state index contributed by atoms with van der Waals surface area (Å²) < 4.78 is 5.22. The Bertz CT molecular complexity index is 1410. The normalized spacial score (nSPS) is 15.4. The molecule has 1 unspecified atom stereocenters. The number of carbonyl (C=O) groups excluding carboxylic acids is 3. The van der Waals surface area contributed by atoms with Crippen LogP contribution in [-0.2, 0) is 0 Å². The predicted molar refractivity (Wildman–Crippen MR) is 140 cm³/mol. The number of hydrogen-bond donors (Lipinski definition) is 5. The van der Waals surface area contributed by atoms with Crippen LogP contribution in [0, 0.1) is 0 Å². The SMILES string of the molecule is COc1ccc(C2=C3C(=O)c4c(NC(=O)NNC(=O)c5ccc(N(C)C)cc5)cccc4C3NN2)cc1. The van der Waals surface area contributed by atoms with Crippen molar-refractivity contribution >= 4 is 34.8 Å². The highest BCUT2D eigenvalue weighted by atomic mass is 16.5. The van der Waals surface area contributed by atoms with Gasteiger partial charge in [0.15, 0.2) is 5.78 Å². The molecule has 5 rings (SSSR count). The Hall–Kier alpha value is -4.83. The number of hydrazine groups is 2. The Balaban J connectivity index is 1.30. The van der Waals surface area contributed by atoms with Gasteiger partial charge in [-0.05, 0) is 65.7 Å². The fourth-order valence-corrected chi connectivity index (χ4v) is 4.44. The van der Waals surface area contributed by atoms with Gasteiger partial charge in [0.2, 0.25) is 0 Å². The van der Waals surface area contributed by atoms with E-state index in [0.717, 1.165) is 16.8 Å². The monoisotopic (exact) mass is 498 g/mol. The van der Waals surface area contributed by atoms with E-state index in [9.17, 15) is 14.4 Å². The van der Waals surface area contributed by atoms with Gasteiger partial charge in [0.05, 0.1) is 30.1 Å². The number of methoxy groups -OCH3 is 1. The molecule has 3 amide bonds. The number of amides is 3. The number of carbonyl (C=O) groups is 3. The Kier molecular flexibility index (Phi) is 6.24. The number of hydrogen-bond acceptors (Lipinski definition) is 7. The lowest BCUT2D eigenvalue weighted by molar-refractivity contribution is 0.0937. The number of fused-ring (bicyclic) bond motifs is 3. The average molecular weight is 499 g/mol. The van der Waals surface area contributed by atoms with Crippen LogP contribution >= 0.6 is 0 Å². The summed E-state index contributed by atoms with van der Waals surface area (Å²) in [6.45, 7) is 0. The number of anilines is 2. The number of ketones is 1. The maximum absolute atomic E-state index is 13.5. The fourth-order valence-electron chi connectivity index (χ4n) is 4.44. The molecule has 3 aromatic carbocycles. The van der Waals surface area contributed by atoms with Crippen molar-refractivity contribution in [1.29, 1.82) is 0 Å². The molecule has 5 N–H and O–H groups in total. The molecule has 0 radical (unpaired) electrons. The number of benzene rings is 3. The minimum Gasteiger partial charge on any atom is -0.497 e. The molecule has 1 aliphatic heterocycles. The van der Waals surface area contributed by atoms with Crippen LogP contribution in [0.4, 0.5) is 16.2 Å². The topological polar surface area (TPSA) is 124 Å². The van der Waals surface area contributed by atoms with Gasteiger partial charge in [-0.3, -0.25) is 15.0 Å². The first-order valence-corrected chi connectivity index (χ1v) is 11.6. The maximum Gasteiger partial charge on any atom is 0.337 e. The van der Waals surface area contributed by atoms with Crippen molar-refractivity contribution in [3.05, 3.63) is 94.6 Å². The second-order valence-corrected chi connectivity index (χ2v) is 8.79. The van der Waals surface area contributed by atoms with E-state index in [1.165, 1.54) is 0 Å². The highest BCUT2D eigenvalue weighted by Gasteiger charge is 2.42. The van der Waals surface area contributed by atoms with Crippen LogP contribution in [0.5, 0.6) is 5.75 Å². The number of Topliss-reactive ketones (excluding diaryl/α,β-unsaturated/α-hetero) is 1. The van der Waals surface area contributed by atoms with E-state index in [2.05, 4.69) is 27.0 Å². The molecule has 0 spiro atoms. The van der Waals surface area contributed by atoms with Gasteiger partial charge in [0.1, 0.15) is 5.75 Å². The molecule has 1 atom stereocenters. The molecule has 0 saturated carbocycles. The second kappa shape index (κ2) is 9.67. The molecule has 37 heavy (non-hydrogen) atoms. The standard InChI is InChI=1S/C27H26N6O4/c1-33(2)17-11-7-16(8-12-17)26(35)31-32-27(36)28-20-6-4-5-19-21(20)25(34)22-23(29-30-24(19)22)15-9-13-18(37-3)14-10-15/h4-14,24,29-30H,1-3H3,(H,31,35)(H2,28,32,36). The zero-order valence-electron chi connectivity index (χ0n) is 20.5. The third-order valence-electron chi connectivity index (χ3n) is 6.34. The minimum absolute atomic E-state index is 0.191. The molecule has 3 aromatic rings. The van der Waals surface area contributed by atoms with E-state index in [0.29, 0.717) is 33.8 Å². The molecule has 1 heterocycles. The largest absolute Gasteiger partial charge is 0.497 e. The van der Waals surface area contributed by atoms with Gasteiger partial charge < -0.3 is 20.4 Å². The Morgan fingerprint density at radius 3 is 2.35 bits per heavy atom. The lowest BCUT2D eigenvalue weighted by Gasteiger charge is -2.14. The van der Waals surface area contributed by atoms with Crippen molar-refractivity contribution in [2.45, 2.75) is 6.04 Å². The van der Waals surface area contributed by atoms with Crippen molar-refractivity contribution in [2.75, 3.05) is 31.4 Å². The highest BCUT2D eigenvalue weighted by molar-refractivity contribution is 6.22. The first kappa shape index (κ1) is 23.9. The quantitative estimate of drug-likeness (QED) is 0.343. The van der Waals surface area contributed by atoms with Gasteiger partial charge in [-0.2, -0.15) is 0 Å². The zero-order chi connectivity index (χ0) is 26.1. The summed E-state index contributed by atoms with van der Waals surface area (Å²) in [5.41, 5.74) is 15.9. The number of nitrogens with zero attached hydrogens (tertiary/aromatic N) is 1. The van der Waals surface area contributed by atoms with E-state index in [4.69, 9.17) is 4.74 Å². The zero-order valence-corrected chi connectivity index (χ0v) is 20.5. The molecule has 0 fully saturated rings. The smallest absolute Gasteiger partial charge is 0.337 e. The van der Waals surface area contributed by atoms with E-state index < -0.39 is 11.9 Å². The summed E-state index contributed by atoms with van der Waals surface area (Å²) in [6, 6.07) is 18.6. The van der Waals surface area contributed by atoms with Crippen LogP contribution in [0.1, 0.15) is 37.9 Å². The Labute approximate surface area is 213 Å². The summed E-state index contributed by atoms with van der Waals surface area (Å²) >= 11 is 0. The van der Waals surface area contributed by atoms with Crippen LogP contribution in [-0.4, -0.2) is 38.9 Å². The number of ether oxygens (including phenoxy) is 1. The van der Waals surface area contributed by atoms with Crippen molar-refractivity contribution in [1.82, 2.24) is 21.7 Å². The van der Waals surface area contributed by atoms with Crippen LogP contribution in [0.15, 0.2) is 72.3 Å². The van der Waals surface area contributed by atoms with Crippen molar-refractivity contribution in [3.8, 4) is 5.75 Å². The number of rotatable bonds is 5. The van der Waals surface area contributed by atoms with E-state index >= 15 is 0 Å². The molecule has 10 nitrogen and oxygen atoms in total. The van der Waals surface area contributed by atoms with E-state index in [1.807, 2.05) is 61.5 Å². The summed E-state index contributed by atoms with van der Waals surface area (Å²) in [5, 5.41) is 2.68. The first-order valence-electron chi connectivity index (χ1n) is 11.6. The summed E-state index contributed by atoms with van der Waals surface area (Å²) in [4.78, 5) is 40.4. The van der Waals surface area contributed by atoms with Crippen LogP contribution in [0.25, 0.3) is 5.70 Å². The van der Waals surface area contributed by atoms with E-state index in [1.54, 1.807) is 31.4 Å². The minimum atomic E-state index is -0.674. The van der Waals surface area contributed by atoms with Crippen molar-refractivity contribution < 1.29 is 19.1 Å². The molecule has 0 saturated heterocycles. The number of nitrogens with one attached hydrogen (secondary N) is 5. The summed E-state index contributed by atoms with van der Waals surface area (Å²) in [5.74, 6) is 0.0613. The maximum atomic E-state index is 13.5. The average Bonchev–Trinajstić information content (AvgIpc) is 3.47. The fraction of sp³-hybridized carbons (Fsp3) is 0.148. The van der Waals surface area contributed by atoms with Gasteiger partial charge in [-0.25, -0.2) is 15.6 Å². The van der Waals surface area contributed by atoms with Crippen LogP contribution < -0.4 is 36.7 Å². The summed E-state index contributed by atoms with van der Waals surface area (Å²) in [6.07, 6.45) is 0. The van der Waals surface area contributed by atoms with Crippen molar-refractivity contribution in [2.24, 2.45) is 0 Å². The second-order valence-electron chi connectivity index (χ2n) is 8.79. The molecule has 10 heteroatoms. The molecule has 2 aliphatic rings. The van der Waals surface area contributed by atoms with Gasteiger partial charge in [0.25, 0.3) is 5.91 Å². The molecule has 0 aromatic heterocycles. The summed E-state index contributed by atoms with van der Waals surface area (Å²) in [7, 11) is 5.41. The number of urea groups is 1. The predicted octanol–water partition coefficient (Wildman–Crippen LogP) is 2.98. The molecule has 188 valence electrons. The van der Waals surface area contributed by atoms with Crippen LogP contribution in [0.3, 0.4) is 0 Å². The third-order valence-corrected chi connectivity index (χ3v) is 6.34. The van der Waals surface area contributed by atoms with Gasteiger partial charge in [0, 0.05) is 30.9 Å². The third kappa shape index (κ3) is 4.45. The highest BCUT2D eigenvalue weighted by Crippen LogP contribution is 2.44. The van der Waals surface area contributed by atoms with Crippen LogP contribution in [0.2, 0.25) is 0 Å². The lowest BCUT2D eigenvalue weighted by Crippen LogP contribution is -2.44. The van der Waals surface area contributed by atoms with Gasteiger partial charge >= 0.3 is 6.03 Å². The van der Waals surface area contributed by atoms with Crippen molar-refractivity contribution in [3.63, 3.8) is 0 Å². The molecular formula is C27H26N6O4. The van der Waals surface area contributed by atoms with E-state index in [-0.39, 0.29) is 11.8 Å². The molecular weight excluding hydrogens is 472 g/mol. The lowest BCUT2D eigenvalue weighted by atomic mass is 10.0. The molecule has 1 aliphatic carbocycles. The van der Waals surface area contributed by atoms with Gasteiger partial charge in [-0.1, -0.05) is 12.1 Å².